The molecule has 3 heterocycles. The molecule has 3 N–H and O–H groups in total. The van der Waals surface area contributed by atoms with Gasteiger partial charge in [-0.05, 0) is 38.4 Å². The molecule has 0 amide bonds. The summed E-state index contributed by atoms with van der Waals surface area (Å²) in [5.74, 6) is 0.805. The summed E-state index contributed by atoms with van der Waals surface area (Å²) in [6.07, 6.45) is 4.94. The third-order valence-electron chi connectivity index (χ3n) is 5.29. The van der Waals surface area contributed by atoms with Gasteiger partial charge in [-0.1, -0.05) is 23.2 Å². The number of rotatable bonds is 12. The van der Waals surface area contributed by atoms with E-state index in [1.54, 1.807) is 36.9 Å². The smallest absolute Gasteiger partial charge is 0.331 e. The SMILES string of the molecule is CN(C)CCOc1nc(NCCNc2ncc(-c3cnc[nH]3)c(-c3ccc(Cl)cc3Cl)n2)ccc1[N+](=O)[O-]. The van der Waals surface area contributed by atoms with Crippen molar-refractivity contribution in [2.45, 2.75) is 0 Å². The van der Waals surface area contributed by atoms with Crippen LogP contribution in [-0.4, -0.2) is 75.1 Å². The fourth-order valence-electron chi connectivity index (χ4n) is 3.42. The molecule has 12 nitrogen and oxygen atoms in total. The number of ether oxygens (including phenoxy) is 1. The number of halogens is 2. The summed E-state index contributed by atoms with van der Waals surface area (Å²) >= 11 is 12.6. The van der Waals surface area contributed by atoms with Crippen LogP contribution in [0.15, 0.2) is 49.1 Å². The van der Waals surface area contributed by atoms with Gasteiger partial charge < -0.3 is 25.3 Å². The van der Waals surface area contributed by atoms with Crippen molar-refractivity contribution in [2.24, 2.45) is 0 Å². The molecule has 0 saturated heterocycles. The van der Waals surface area contributed by atoms with Crippen molar-refractivity contribution in [3.8, 4) is 28.4 Å². The monoisotopic (exact) mass is 557 g/mol. The summed E-state index contributed by atoms with van der Waals surface area (Å²) in [4.78, 5) is 33.2. The lowest BCUT2D eigenvalue weighted by molar-refractivity contribution is -0.386. The lowest BCUT2D eigenvalue weighted by Crippen LogP contribution is -2.20. The number of likely N-dealkylation sites (N-methyl/N-ethyl adjacent to an activating group) is 1. The maximum Gasteiger partial charge on any atom is 0.331 e. The molecule has 0 fully saturated rings. The van der Waals surface area contributed by atoms with Gasteiger partial charge in [-0.15, -0.1) is 0 Å². The van der Waals surface area contributed by atoms with Crippen LogP contribution in [0.25, 0.3) is 22.5 Å². The number of pyridine rings is 1. The summed E-state index contributed by atoms with van der Waals surface area (Å²) in [7, 11) is 3.77. The van der Waals surface area contributed by atoms with Crippen LogP contribution in [0.1, 0.15) is 0 Å². The molecule has 38 heavy (non-hydrogen) atoms. The third kappa shape index (κ3) is 6.85. The van der Waals surface area contributed by atoms with E-state index in [2.05, 4.69) is 35.6 Å². The highest BCUT2D eigenvalue weighted by Crippen LogP contribution is 2.35. The van der Waals surface area contributed by atoms with Crippen molar-refractivity contribution in [3.63, 3.8) is 0 Å². The Morgan fingerprint density at radius 2 is 1.89 bits per heavy atom. The van der Waals surface area contributed by atoms with E-state index in [1.807, 2.05) is 19.0 Å². The zero-order valence-electron chi connectivity index (χ0n) is 20.6. The number of nitro groups is 1. The largest absolute Gasteiger partial charge is 0.471 e. The van der Waals surface area contributed by atoms with Gasteiger partial charge in [0.05, 0.1) is 33.9 Å². The van der Waals surface area contributed by atoms with Crippen LogP contribution in [0.5, 0.6) is 5.88 Å². The molecule has 0 unspecified atom stereocenters. The summed E-state index contributed by atoms with van der Waals surface area (Å²) in [5, 5.41) is 18.6. The summed E-state index contributed by atoms with van der Waals surface area (Å²) in [6, 6.07) is 8.11. The van der Waals surface area contributed by atoms with Gasteiger partial charge in [0.1, 0.15) is 12.4 Å². The van der Waals surface area contributed by atoms with E-state index < -0.39 is 4.92 Å². The first-order valence-electron chi connectivity index (χ1n) is 11.5. The molecule has 3 aromatic heterocycles. The van der Waals surface area contributed by atoms with E-state index in [0.717, 1.165) is 11.3 Å². The predicted molar refractivity (Wildman–Crippen MR) is 147 cm³/mol. The third-order valence-corrected chi connectivity index (χ3v) is 5.84. The highest BCUT2D eigenvalue weighted by molar-refractivity contribution is 6.36. The molecule has 0 aliphatic carbocycles. The van der Waals surface area contributed by atoms with Crippen molar-refractivity contribution in [2.75, 3.05) is 51.0 Å². The van der Waals surface area contributed by atoms with Gasteiger partial charge in [0.15, 0.2) is 0 Å². The number of nitrogens with zero attached hydrogens (tertiary/aromatic N) is 6. The normalized spacial score (nSPS) is 11.0. The molecule has 0 atom stereocenters. The van der Waals surface area contributed by atoms with E-state index in [-0.39, 0.29) is 18.2 Å². The summed E-state index contributed by atoms with van der Waals surface area (Å²) in [5.41, 5.74) is 2.59. The number of aromatic amines is 1. The van der Waals surface area contributed by atoms with Gasteiger partial charge in [-0.25, -0.2) is 15.0 Å². The fraction of sp³-hybridized carbons (Fsp3) is 0.250. The Labute approximate surface area is 228 Å². The van der Waals surface area contributed by atoms with Crippen molar-refractivity contribution in [1.82, 2.24) is 29.8 Å². The molecule has 4 rings (SSSR count). The van der Waals surface area contributed by atoms with E-state index >= 15 is 0 Å². The Morgan fingerprint density at radius 3 is 2.61 bits per heavy atom. The second-order valence-electron chi connectivity index (χ2n) is 8.33. The van der Waals surface area contributed by atoms with Gasteiger partial charge in [0, 0.05) is 48.0 Å². The maximum atomic E-state index is 11.3. The molecule has 0 aliphatic rings. The Balaban J connectivity index is 1.45. The minimum absolute atomic E-state index is 0.0305. The van der Waals surface area contributed by atoms with Gasteiger partial charge in [0.25, 0.3) is 5.88 Å². The van der Waals surface area contributed by atoms with E-state index in [0.29, 0.717) is 52.7 Å². The number of anilines is 2. The molecule has 1 aromatic carbocycles. The number of hydrogen-bond donors (Lipinski definition) is 3. The molecule has 0 spiro atoms. The molecular weight excluding hydrogens is 533 g/mol. The van der Waals surface area contributed by atoms with Crippen LogP contribution >= 0.6 is 23.2 Å². The Morgan fingerprint density at radius 1 is 1.08 bits per heavy atom. The maximum absolute atomic E-state index is 11.3. The molecule has 14 heteroatoms. The molecule has 0 radical (unpaired) electrons. The minimum atomic E-state index is -0.516. The van der Waals surface area contributed by atoms with Crippen LogP contribution in [-0.2, 0) is 0 Å². The molecule has 0 aliphatic heterocycles. The highest BCUT2D eigenvalue weighted by Gasteiger charge is 2.18. The average molecular weight is 558 g/mol. The molecule has 198 valence electrons. The van der Waals surface area contributed by atoms with Crippen molar-refractivity contribution in [3.05, 3.63) is 69.2 Å². The van der Waals surface area contributed by atoms with Crippen molar-refractivity contribution in [1.29, 1.82) is 0 Å². The average Bonchev–Trinajstić information content (AvgIpc) is 3.41. The quantitative estimate of drug-likeness (QED) is 0.128. The van der Waals surface area contributed by atoms with Gasteiger partial charge in [-0.3, -0.25) is 10.1 Å². The Bertz CT molecular complexity index is 1400. The van der Waals surface area contributed by atoms with Crippen LogP contribution in [0.3, 0.4) is 0 Å². The lowest BCUT2D eigenvalue weighted by Gasteiger charge is -2.13. The highest BCUT2D eigenvalue weighted by atomic mass is 35.5. The molecule has 0 bridgehead atoms. The van der Waals surface area contributed by atoms with Gasteiger partial charge in [-0.2, -0.15) is 4.98 Å². The lowest BCUT2D eigenvalue weighted by atomic mass is 10.1. The van der Waals surface area contributed by atoms with E-state index in [1.165, 1.54) is 12.1 Å². The predicted octanol–water partition coefficient (Wildman–Crippen LogP) is 4.61. The number of imidazole rings is 1. The summed E-state index contributed by atoms with van der Waals surface area (Å²) in [6.45, 7) is 1.75. The first-order valence-corrected chi connectivity index (χ1v) is 12.3. The second kappa shape index (κ2) is 12.5. The number of aromatic nitrogens is 5. The fourth-order valence-corrected chi connectivity index (χ4v) is 3.92. The summed E-state index contributed by atoms with van der Waals surface area (Å²) < 4.78 is 5.54. The second-order valence-corrected chi connectivity index (χ2v) is 9.17. The number of hydrogen-bond acceptors (Lipinski definition) is 10. The zero-order valence-corrected chi connectivity index (χ0v) is 22.1. The number of nitrogens with one attached hydrogen (secondary N) is 3. The molecule has 4 aromatic rings. The van der Waals surface area contributed by atoms with Crippen LogP contribution < -0.4 is 15.4 Å². The Hall–Kier alpha value is -4.00. The first kappa shape index (κ1) is 27.0. The van der Waals surface area contributed by atoms with Gasteiger partial charge >= 0.3 is 5.69 Å². The molecule has 0 saturated carbocycles. The van der Waals surface area contributed by atoms with Crippen molar-refractivity contribution < 1.29 is 9.66 Å². The zero-order chi connectivity index (χ0) is 27.1. The standard InChI is InChI=1S/C24H25Cl2N9O3/c1-34(2)9-10-38-23-20(35(36)37)5-6-21(32-23)28-7-8-29-24-30-12-17(19-13-27-14-31-19)22(33-24)16-4-3-15(25)11-18(16)26/h3-6,11-14H,7-10H2,1-2H3,(H,27,31)(H,28,32)(H,29,30,33). The van der Waals surface area contributed by atoms with Crippen molar-refractivity contribution >= 4 is 40.7 Å². The minimum Gasteiger partial charge on any atom is -0.471 e. The topological polar surface area (TPSA) is 147 Å². The molecular formula is C24H25Cl2N9O3. The number of H-pyrrole nitrogens is 1. The Kier molecular flexibility index (Phi) is 8.89. The number of benzene rings is 1. The first-order chi connectivity index (χ1) is 18.3. The van der Waals surface area contributed by atoms with Crippen LogP contribution in [0, 0.1) is 10.1 Å². The van der Waals surface area contributed by atoms with Gasteiger partial charge in [0.2, 0.25) is 5.95 Å². The van der Waals surface area contributed by atoms with Crippen LogP contribution in [0.2, 0.25) is 10.0 Å². The van der Waals surface area contributed by atoms with E-state index in [4.69, 9.17) is 27.9 Å². The van der Waals surface area contributed by atoms with Crippen LogP contribution in [0.4, 0.5) is 17.5 Å². The van der Waals surface area contributed by atoms with E-state index in [9.17, 15) is 10.1 Å².